The first-order valence-corrected chi connectivity index (χ1v) is 7.53. The lowest BCUT2D eigenvalue weighted by Gasteiger charge is -2.21. The highest BCUT2D eigenvalue weighted by atomic mass is 35.5. The molecule has 3 N–H and O–H groups in total. The number of aromatic hydroxyl groups is 1. The molecular formula is C15H18ClN5O. The second kappa shape index (κ2) is 5.88. The smallest absolute Gasteiger partial charge is 0.226 e. The number of nitrogens with zero attached hydrogens (tertiary/aromatic N) is 3. The van der Waals surface area contributed by atoms with Crippen molar-refractivity contribution in [3.05, 3.63) is 35.1 Å². The zero-order chi connectivity index (χ0) is 15.7. The van der Waals surface area contributed by atoms with Crippen LogP contribution in [0.25, 0.3) is 0 Å². The average molecular weight is 320 g/mol. The minimum atomic E-state index is 0.202. The average Bonchev–Trinajstić information content (AvgIpc) is 2.90. The molecule has 22 heavy (non-hydrogen) atoms. The van der Waals surface area contributed by atoms with Gasteiger partial charge >= 0.3 is 0 Å². The van der Waals surface area contributed by atoms with E-state index in [9.17, 15) is 5.11 Å². The van der Waals surface area contributed by atoms with Crippen LogP contribution in [-0.4, -0.2) is 27.8 Å². The van der Waals surface area contributed by atoms with E-state index in [-0.39, 0.29) is 11.0 Å². The number of anilines is 3. The van der Waals surface area contributed by atoms with Gasteiger partial charge in [0.05, 0.1) is 6.67 Å². The van der Waals surface area contributed by atoms with E-state index in [1.165, 1.54) is 0 Å². The predicted octanol–water partition coefficient (Wildman–Crippen LogP) is 3.05. The number of para-hydroxylation sites is 1. The highest BCUT2D eigenvalue weighted by Gasteiger charge is 2.26. The number of benzene rings is 1. The number of hydrogen-bond donors (Lipinski definition) is 3. The summed E-state index contributed by atoms with van der Waals surface area (Å²) in [7, 11) is 0. The van der Waals surface area contributed by atoms with Gasteiger partial charge in [0, 0.05) is 18.2 Å². The Balaban J connectivity index is 1.86. The van der Waals surface area contributed by atoms with Crippen molar-refractivity contribution in [1.29, 1.82) is 0 Å². The molecule has 0 atom stereocenters. The lowest BCUT2D eigenvalue weighted by molar-refractivity contribution is 0.469. The summed E-state index contributed by atoms with van der Waals surface area (Å²) in [6.45, 7) is 5.33. The van der Waals surface area contributed by atoms with Crippen molar-refractivity contribution in [3.63, 3.8) is 0 Å². The number of phenolic OH excluding ortho intramolecular Hbond substituents is 1. The van der Waals surface area contributed by atoms with Gasteiger partial charge in [-0.2, -0.15) is 9.97 Å². The lowest BCUT2D eigenvalue weighted by atomic mass is 10.2. The van der Waals surface area contributed by atoms with E-state index in [4.69, 9.17) is 11.6 Å². The second-order valence-corrected chi connectivity index (χ2v) is 5.76. The number of nitrogens with one attached hydrogen (secondary N) is 2. The summed E-state index contributed by atoms with van der Waals surface area (Å²) in [5, 5.41) is 16.5. The van der Waals surface area contributed by atoms with Crippen molar-refractivity contribution in [1.82, 2.24) is 9.97 Å². The third-order valence-electron chi connectivity index (χ3n) is 3.62. The van der Waals surface area contributed by atoms with E-state index in [0.29, 0.717) is 25.1 Å². The molecule has 2 heterocycles. The predicted molar refractivity (Wildman–Crippen MR) is 88.6 cm³/mol. The highest BCUT2D eigenvalue weighted by molar-refractivity contribution is 6.28. The number of rotatable bonds is 4. The molecule has 3 rings (SSSR count). The molecule has 0 unspecified atom stereocenters. The number of aromatic nitrogens is 2. The fourth-order valence-electron chi connectivity index (χ4n) is 2.43. The monoisotopic (exact) mass is 319 g/mol. The van der Waals surface area contributed by atoms with E-state index < -0.39 is 0 Å². The zero-order valence-electron chi connectivity index (χ0n) is 12.5. The Morgan fingerprint density at radius 3 is 2.86 bits per heavy atom. The lowest BCUT2D eigenvalue weighted by Crippen LogP contribution is -2.30. The van der Waals surface area contributed by atoms with Crippen LogP contribution in [0, 0.1) is 0 Å². The molecule has 6 nitrogen and oxygen atoms in total. The maximum absolute atomic E-state index is 9.83. The molecule has 7 heteroatoms. The van der Waals surface area contributed by atoms with Crippen LogP contribution in [0.4, 0.5) is 17.3 Å². The van der Waals surface area contributed by atoms with Crippen LogP contribution < -0.4 is 15.5 Å². The van der Waals surface area contributed by atoms with Crippen LogP contribution in [0.2, 0.25) is 5.28 Å². The van der Waals surface area contributed by atoms with Crippen LogP contribution in [-0.2, 0) is 6.54 Å². The first-order valence-electron chi connectivity index (χ1n) is 7.15. The van der Waals surface area contributed by atoms with Crippen LogP contribution >= 0.6 is 11.6 Å². The number of halogens is 1. The van der Waals surface area contributed by atoms with Gasteiger partial charge in [0.25, 0.3) is 0 Å². The Morgan fingerprint density at radius 2 is 2.14 bits per heavy atom. The summed E-state index contributed by atoms with van der Waals surface area (Å²) >= 11 is 6.05. The first kappa shape index (κ1) is 14.7. The van der Waals surface area contributed by atoms with Crippen molar-refractivity contribution in [2.45, 2.75) is 26.4 Å². The topological polar surface area (TPSA) is 73.3 Å². The molecule has 0 saturated heterocycles. The van der Waals surface area contributed by atoms with E-state index >= 15 is 0 Å². The van der Waals surface area contributed by atoms with Gasteiger partial charge in [-0.1, -0.05) is 18.2 Å². The van der Waals surface area contributed by atoms with Crippen LogP contribution in [0.3, 0.4) is 0 Å². The quantitative estimate of drug-likeness (QED) is 0.752. The van der Waals surface area contributed by atoms with Gasteiger partial charge in [-0.3, -0.25) is 0 Å². The summed E-state index contributed by atoms with van der Waals surface area (Å²) in [5.41, 5.74) is 1.64. The Morgan fingerprint density at radius 1 is 1.36 bits per heavy atom. The molecule has 1 aromatic carbocycles. The molecule has 0 fully saturated rings. The third-order valence-corrected chi connectivity index (χ3v) is 3.79. The molecule has 1 aliphatic heterocycles. The fraction of sp³-hybridized carbons (Fsp3) is 0.333. The molecule has 116 valence electrons. The molecule has 0 aliphatic carbocycles. The maximum Gasteiger partial charge on any atom is 0.226 e. The Labute approximate surface area is 134 Å². The van der Waals surface area contributed by atoms with E-state index in [2.05, 4.69) is 39.3 Å². The minimum Gasteiger partial charge on any atom is -0.508 e. The summed E-state index contributed by atoms with van der Waals surface area (Å²) in [4.78, 5) is 10.7. The van der Waals surface area contributed by atoms with Gasteiger partial charge in [-0.15, -0.1) is 0 Å². The summed E-state index contributed by atoms with van der Waals surface area (Å²) in [6, 6.07) is 7.50. The molecule has 0 saturated carbocycles. The molecule has 2 aromatic rings. The summed E-state index contributed by atoms with van der Waals surface area (Å²) in [5.74, 6) is 1.69. The number of fused-ring (bicyclic) bond motifs is 1. The Hall–Kier alpha value is -2.21. The number of hydrogen-bond acceptors (Lipinski definition) is 6. The fourth-order valence-corrected chi connectivity index (χ4v) is 2.59. The standard InChI is InChI=1S/C15H18ClN5O/c1-9(2)21-8-18-12-13(19-15(16)20-14(12)21)17-7-10-5-3-4-6-11(10)22/h3-6,9,18,22H,7-8H2,1-2H3,(H,17,19,20). The van der Waals surface area contributed by atoms with Gasteiger partial charge in [0.15, 0.2) is 11.6 Å². The third kappa shape index (κ3) is 2.74. The van der Waals surface area contributed by atoms with Crippen molar-refractivity contribution in [2.24, 2.45) is 0 Å². The van der Waals surface area contributed by atoms with E-state index in [1.54, 1.807) is 12.1 Å². The largest absolute Gasteiger partial charge is 0.508 e. The van der Waals surface area contributed by atoms with Crippen molar-refractivity contribution in [3.8, 4) is 5.75 Å². The van der Waals surface area contributed by atoms with Crippen molar-refractivity contribution < 1.29 is 5.11 Å². The van der Waals surface area contributed by atoms with Crippen LogP contribution in [0.15, 0.2) is 24.3 Å². The van der Waals surface area contributed by atoms with Gasteiger partial charge in [-0.25, -0.2) is 0 Å². The van der Waals surface area contributed by atoms with Gasteiger partial charge in [0.1, 0.15) is 11.4 Å². The second-order valence-electron chi connectivity index (χ2n) is 5.42. The molecule has 1 aromatic heterocycles. The molecule has 1 aliphatic rings. The Kier molecular flexibility index (Phi) is 3.94. The molecule has 0 amide bonds. The number of phenols is 1. The first-order chi connectivity index (χ1) is 10.6. The summed E-state index contributed by atoms with van der Waals surface area (Å²) in [6.07, 6.45) is 0. The molecule has 0 spiro atoms. The van der Waals surface area contributed by atoms with Gasteiger partial charge < -0.3 is 20.6 Å². The normalized spacial score (nSPS) is 13.2. The maximum atomic E-state index is 9.83. The highest BCUT2D eigenvalue weighted by Crippen LogP contribution is 2.37. The SMILES string of the molecule is CC(C)N1CNc2c(NCc3ccccc3O)nc(Cl)nc21. The van der Waals surface area contributed by atoms with E-state index in [0.717, 1.165) is 17.1 Å². The van der Waals surface area contributed by atoms with Crippen LogP contribution in [0.5, 0.6) is 5.75 Å². The van der Waals surface area contributed by atoms with Crippen LogP contribution in [0.1, 0.15) is 19.4 Å². The van der Waals surface area contributed by atoms with Gasteiger partial charge in [0.2, 0.25) is 5.28 Å². The van der Waals surface area contributed by atoms with E-state index in [1.807, 2.05) is 12.1 Å². The summed E-state index contributed by atoms with van der Waals surface area (Å²) < 4.78 is 0. The van der Waals surface area contributed by atoms with Crippen molar-refractivity contribution >= 4 is 28.9 Å². The molecule has 0 radical (unpaired) electrons. The molecular weight excluding hydrogens is 302 g/mol. The molecule has 0 bridgehead atoms. The van der Waals surface area contributed by atoms with Crippen molar-refractivity contribution in [2.75, 3.05) is 22.2 Å². The van der Waals surface area contributed by atoms with Gasteiger partial charge in [-0.05, 0) is 31.5 Å². The zero-order valence-corrected chi connectivity index (χ0v) is 13.2. The Bertz CT molecular complexity index is 692. The minimum absolute atomic E-state index is 0.202.